The van der Waals surface area contributed by atoms with E-state index in [0.717, 1.165) is 0 Å². The number of hydrogen-bond donors (Lipinski definition) is 2. The van der Waals surface area contributed by atoms with Crippen molar-refractivity contribution in [3.05, 3.63) is 66.2 Å². The van der Waals surface area contributed by atoms with Gasteiger partial charge in [-0.25, -0.2) is 14.4 Å². The lowest BCUT2D eigenvalue weighted by atomic mass is 10.2. The van der Waals surface area contributed by atoms with Crippen molar-refractivity contribution in [3.63, 3.8) is 0 Å². The molecular weight excluding hydrogens is 351 g/mol. The van der Waals surface area contributed by atoms with Gasteiger partial charge in [0.1, 0.15) is 19.0 Å². The molecule has 8 heteroatoms. The lowest BCUT2D eigenvalue weighted by molar-refractivity contribution is 0.102. The summed E-state index contributed by atoms with van der Waals surface area (Å²) in [6.45, 7) is 0.970. The average molecular weight is 366 g/mol. The van der Waals surface area contributed by atoms with Crippen molar-refractivity contribution < 1.29 is 18.7 Å². The highest BCUT2D eigenvalue weighted by molar-refractivity contribution is 6.04. The van der Waals surface area contributed by atoms with Crippen LogP contribution in [0.5, 0.6) is 11.5 Å². The number of carbonyl (C=O) groups excluding carboxylic acids is 1. The summed E-state index contributed by atoms with van der Waals surface area (Å²) in [7, 11) is 0. The zero-order valence-corrected chi connectivity index (χ0v) is 14.1. The van der Waals surface area contributed by atoms with Gasteiger partial charge in [-0.3, -0.25) is 4.79 Å². The number of para-hydroxylation sites is 1. The fourth-order valence-corrected chi connectivity index (χ4v) is 2.52. The number of halogens is 1. The number of carbonyl (C=O) groups is 1. The number of anilines is 3. The second-order valence-corrected chi connectivity index (χ2v) is 5.71. The van der Waals surface area contributed by atoms with Crippen molar-refractivity contribution in [1.29, 1.82) is 0 Å². The van der Waals surface area contributed by atoms with Crippen LogP contribution in [0.3, 0.4) is 0 Å². The Bertz CT molecular complexity index is 979. The minimum Gasteiger partial charge on any atom is -0.486 e. The van der Waals surface area contributed by atoms with Gasteiger partial charge in [0.15, 0.2) is 11.5 Å². The summed E-state index contributed by atoms with van der Waals surface area (Å²) >= 11 is 0. The Hall–Kier alpha value is -3.68. The maximum Gasteiger partial charge on any atom is 0.258 e. The number of fused-ring (bicyclic) bond motifs is 1. The van der Waals surface area contributed by atoms with Gasteiger partial charge >= 0.3 is 0 Å². The Balaban J connectivity index is 1.44. The number of nitrogens with zero attached hydrogens (tertiary/aromatic N) is 2. The largest absolute Gasteiger partial charge is 0.486 e. The van der Waals surface area contributed by atoms with Crippen LogP contribution in [-0.4, -0.2) is 29.1 Å². The molecule has 0 aliphatic carbocycles. The lowest BCUT2D eigenvalue weighted by Crippen LogP contribution is -2.16. The normalized spacial score (nSPS) is 12.3. The smallest absolute Gasteiger partial charge is 0.258 e. The summed E-state index contributed by atoms with van der Waals surface area (Å²) in [6.07, 6.45) is 2.73. The van der Waals surface area contributed by atoms with Crippen LogP contribution in [0.1, 0.15) is 10.4 Å². The molecule has 0 radical (unpaired) electrons. The van der Waals surface area contributed by atoms with Crippen LogP contribution >= 0.6 is 0 Å². The van der Waals surface area contributed by atoms with Gasteiger partial charge in [0.05, 0.1) is 11.3 Å². The molecule has 0 unspecified atom stereocenters. The Morgan fingerprint density at radius 1 is 1.00 bits per heavy atom. The number of benzene rings is 2. The summed E-state index contributed by atoms with van der Waals surface area (Å²) in [5.74, 6) is 0.632. The van der Waals surface area contributed by atoms with Gasteiger partial charge in [-0.1, -0.05) is 12.1 Å². The Kier molecular flexibility index (Phi) is 4.52. The van der Waals surface area contributed by atoms with E-state index in [2.05, 4.69) is 20.6 Å². The lowest BCUT2D eigenvalue weighted by Gasteiger charge is -2.19. The monoisotopic (exact) mass is 366 g/mol. The predicted octanol–water partition coefficient (Wildman–Crippen LogP) is 3.38. The molecule has 2 aromatic carbocycles. The van der Waals surface area contributed by atoms with Crippen molar-refractivity contribution >= 4 is 23.2 Å². The molecule has 0 saturated heterocycles. The van der Waals surface area contributed by atoms with Crippen LogP contribution in [0, 0.1) is 5.82 Å². The molecule has 0 bridgehead atoms. The van der Waals surface area contributed by atoms with E-state index in [4.69, 9.17) is 9.47 Å². The maximum atomic E-state index is 13.6. The summed E-state index contributed by atoms with van der Waals surface area (Å²) in [5.41, 5.74) is 1.09. The van der Waals surface area contributed by atoms with Crippen molar-refractivity contribution in [2.24, 2.45) is 0 Å². The first-order valence-corrected chi connectivity index (χ1v) is 8.24. The van der Waals surface area contributed by atoms with Crippen molar-refractivity contribution in [1.82, 2.24) is 9.97 Å². The number of aromatic nitrogens is 2. The number of nitrogens with one attached hydrogen (secondary N) is 2. The van der Waals surface area contributed by atoms with Crippen molar-refractivity contribution in [2.45, 2.75) is 0 Å². The molecule has 27 heavy (non-hydrogen) atoms. The van der Waals surface area contributed by atoms with Gasteiger partial charge in [0.25, 0.3) is 5.91 Å². The molecule has 7 nitrogen and oxygen atoms in total. The SMILES string of the molecule is O=C(Nc1ccc2c(c1)OCCO2)c1cnc(Nc2ccccc2F)nc1. The first-order valence-electron chi connectivity index (χ1n) is 8.24. The van der Waals surface area contributed by atoms with Gasteiger partial charge in [-0.05, 0) is 24.3 Å². The second kappa shape index (κ2) is 7.28. The second-order valence-electron chi connectivity index (χ2n) is 5.71. The third-order valence-electron chi connectivity index (χ3n) is 3.83. The van der Waals surface area contributed by atoms with Gasteiger partial charge < -0.3 is 20.1 Å². The fraction of sp³-hybridized carbons (Fsp3) is 0.105. The first kappa shape index (κ1) is 16.8. The highest BCUT2D eigenvalue weighted by Crippen LogP contribution is 2.32. The van der Waals surface area contributed by atoms with Gasteiger partial charge in [0, 0.05) is 24.1 Å². The number of rotatable bonds is 4. The summed E-state index contributed by atoms with van der Waals surface area (Å²) < 4.78 is 24.6. The molecular formula is C19H15FN4O3. The average Bonchev–Trinajstić information content (AvgIpc) is 2.70. The minimum atomic E-state index is -0.415. The van der Waals surface area contributed by atoms with Crippen LogP contribution in [-0.2, 0) is 0 Å². The molecule has 3 aromatic rings. The standard InChI is InChI=1S/C19H15FN4O3/c20-14-3-1-2-4-15(14)24-19-21-10-12(11-22-19)18(25)23-13-5-6-16-17(9-13)27-8-7-26-16/h1-6,9-11H,7-8H2,(H,23,25)(H,21,22,24). The van der Waals surface area contributed by atoms with E-state index < -0.39 is 5.82 Å². The van der Waals surface area contributed by atoms with Crippen molar-refractivity contribution in [3.8, 4) is 11.5 Å². The van der Waals surface area contributed by atoms with Crippen molar-refractivity contribution in [2.75, 3.05) is 23.8 Å². The summed E-state index contributed by atoms with van der Waals surface area (Å²) in [4.78, 5) is 20.5. The van der Waals surface area contributed by atoms with Crippen LogP contribution in [0.2, 0.25) is 0 Å². The van der Waals surface area contributed by atoms with Gasteiger partial charge in [-0.15, -0.1) is 0 Å². The number of ether oxygens (including phenoxy) is 2. The highest BCUT2D eigenvalue weighted by atomic mass is 19.1. The fourth-order valence-electron chi connectivity index (χ4n) is 2.52. The van der Waals surface area contributed by atoms with E-state index in [9.17, 15) is 9.18 Å². The van der Waals surface area contributed by atoms with Crippen LogP contribution in [0.25, 0.3) is 0 Å². The van der Waals surface area contributed by atoms with Gasteiger partial charge in [-0.2, -0.15) is 0 Å². The molecule has 0 fully saturated rings. The van der Waals surface area contributed by atoms with E-state index in [-0.39, 0.29) is 23.1 Å². The number of amides is 1. The quantitative estimate of drug-likeness (QED) is 0.736. The zero-order valence-electron chi connectivity index (χ0n) is 14.1. The molecule has 4 rings (SSSR count). The third kappa shape index (κ3) is 3.79. The Morgan fingerprint density at radius 3 is 2.52 bits per heavy atom. The molecule has 1 aromatic heterocycles. The molecule has 136 valence electrons. The van der Waals surface area contributed by atoms with Crippen LogP contribution in [0.15, 0.2) is 54.9 Å². The summed E-state index contributed by atoms with van der Waals surface area (Å²) in [5, 5.41) is 5.51. The highest BCUT2D eigenvalue weighted by Gasteiger charge is 2.14. The van der Waals surface area contributed by atoms with E-state index in [0.29, 0.717) is 30.4 Å². The zero-order chi connectivity index (χ0) is 18.6. The first-order chi connectivity index (χ1) is 13.2. The maximum absolute atomic E-state index is 13.6. The molecule has 1 aliphatic rings. The molecule has 0 atom stereocenters. The van der Waals surface area contributed by atoms with Gasteiger partial charge in [0.2, 0.25) is 5.95 Å². The third-order valence-corrected chi connectivity index (χ3v) is 3.83. The van der Waals surface area contributed by atoms with E-state index in [1.807, 2.05) is 0 Å². The molecule has 0 saturated carbocycles. The summed E-state index contributed by atoms with van der Waals surface area (Å²) in [6, 6.07) is 11.3. The molecule has 1 amide bonds. The molecule has 2 N–H and O–H groups in total. The molecule has 0 spiro atoms. The number of hydrogen-bond acceptors (Lipinski definition) is 6. The topological polar surface area (TPSA) is 85.4 Å². The molecule has 2 heterocycles. The van der Waals surface area contributed by atoms with E-state index in [1.165, 1.54) is 18.5 Å². The van der Waals surface area contributed by atoms with E-state index in [1.54, 1.807) is 36.4 Å². The van der Waals surface area contributed by atoms with E-state index >= 15 is 0 Å². The molecule has 1 aliphatic heterocycles. The minimum absolute atomic E-state index is 0.191. The predicted molar refractivity (Wildman–Crippen MR) is 97.1 cm³/mol. The Morgan fingerprint density at radius 2 is 1.74 bits per heavy atom. The van der Waals surface area contributed by atoms with Crippen LogP contribution in [0.4, 0.5) is 21.7 Å². The van der Waals surface area contributed by atoms with Crippen LogP contribution < -0.4 is 20.1 Å². The Labute approximate surface area is 154 Å².